The van der Waals surface area contributed by atoms with Crippen LogP contribution in [0.4, 0.5) is 0 Å². The lowest BCUT2D eigenvalue weighted by Gasteiger charge is -2.07. The number of aromatic nitrogens is 2. The van der Waals surface area contributed by atoms with Crippen LogP contribution in [-0.4, -0.2) is 33.3 Å². The lowest BCUT2D eigenvalue weighted by Crippen LogP contribution is -2.30. The minimum Gasteiger partial charge on any atom is -0.481 e. The maximum atomic E-state index is 11.9. The molecule has 0 saturated carbocycles. The Labute approximate surface area is 123 Å². The van der Waals surface area contributed by atoms with E-state index in [9.17, 15) is 14.4 Å². The van der Waals surface area contributed by atoms with Crippen LogP contribution in [0.25, 0.3) is 0 Å². The molecular weight excluding hydrogens is 274 g/mol. The molecule has 21 heavy (non-hydrogen) atoms. The van der Waals surface area contributed by atoms with Gasteiger partial charge in [0.15, 0.2) is 0 Å². The standard InChI is InChI=1S/C14H21N3O4/c1-2-3-10-17-12(18)8-7-11(16-17)14(21)15-9-5-4-6-13(19)20/h7-8H,2-6,9-10H2,1H3,(H,15,21)(H,19,20). The number of carbonyl (C=O) groups excluding carboxylic acids is 1. The molecule has 1 amide bonds. The SMILES string of the molecule is CCCCn1nc(C(=O)NCCCCC(=O)O)ccc1=O. The van der Waals surface area contributed by atoms with Gasteiger partial charge in [-0.05, 0) is 25.3 Å². The van der Waals surface area contributed by atoms with Crippen LogP contribution in [0.15, 0.2) is 16.9 Å². The van der Waals surface area contributed by atoms with Gasteiger partial charge in [-0.25, -0.2) is 4.68 Å². The van der Waals surface area contributed by atoms with Crippen LogP contribution in [0.1, 0.15) is 49.5 Å². The summed E-state index contributed by atoms with van der Waals surface area (Å²) >= 11 is 0. The fourth-order valence-electron chi connectivity index (χ4n) is 1.73. The van der Waals surface area contributed by atoms with E-state index in [1.54, 1.807) is 0 Å². The molecule has 0 aromatic carbocycles. The van der Waals surface area contributed by atoms with Crippen molar-refractivity contribution < 1.29 is 14.7 Å². The first-order valence-electron chi connectivity index (χ1n) is 7.12. The van der Waals surface area contributed by atoms with E-state index >= 15 is 0 Å². The molecule has 0 fully saturated rings. The molecular formula is C14H21N3O4. The molecule has 0 aliphatic heterocycles. The number of carbonyl (C=O) groups is 2. The number of rotatable bonds is 9. The van der Waals surface area contributed by atoms with E-state index in [2.05, 4.69) is 10.4 Å². The molecule has 0 radical (unpaired) electrons. The van der Waals surface area contributed by atoms with Crippen LogP contribution in [0.5, 0.6) is 0 Å². The van der Waals surface area contributed by atoms with Gasteiger partial charge in [-0.15, -0.1) is 0 Å². The smallest absolute Gasteiger partial charge is 0.303 e. The zero-order valence-electron chi connectivity index (χ0n) is 12.2. The van der Waals surface area contributed by atoms with Gasteiger partial charge >= 0.3 is 5.97 Å². The largest absolute Gasteiger partial charge is 0.481 e. The van der Waals surface area contributed by atoms with Gasteiger partial charge in [0.25, 0.3) is 11.5 Å². The molecule has 1 aromatic heterocycles. The first-order valence-corrected chi connectivity index (χ1v) is 7.12. The zero-order valence-corrected chi connectivity index (χ0v) is 12.2. The van der Waals surface area contributed by atoms with Gasteiger partial charge in [-0.3, -0.25) is 14.4 Å². The van der Waals surface area contributed by atoms with Crippen molar-refractivity contribution in [3.8, 4) is 0 Å². The first kappa shape index (κ1) is 16.9. The summed E-state index contributed by atoms with van der Waals surface area (Å²) in [5, 5.41) is 15.2. The predicted molar refractivity (Wildman–Crippen MR) is 77.2 cm³/mol. The Balaban J connectivity index is 2.50. The third kappa shape index (κ3) is 6.20. The average Bonchev–Trinajstić information content (AvgIpc) is 2.45. The quantitative estimate of drug-likeness (QED) is 0.662. The molecule has 0 aliphatic rings. The van der Waals surface area contributed by atoms with E-state index in [0.717, 1.165) is 12.8 Å². The highest BCUT2D eigenvalue weighted by Crippen LogP contribution is 1.96. The molecule has 0 aliphatic carbocycles. The summed E-state index contributed by atoms with van der Waals surface area (Å²) in [6, 6.07) is 2.74. The Morgan fingerprint density at radius 1 is 1.29 bits per heavy atom. The van der Waals surface area contributed by atoms with Crippen LogP contribution < -0.4 is 10.9 Å². The fourth-order valence-corrected chi connectivity index (χ4v) is 1.73. The van der Waals surface area contributed by atoms with E-state index in [4.69, 9.17) is 5.11 Å². The van der Waals surface area contributed by atoms with Crippen LogP contribution >= 0.6 is 0 Å². The van der Waals surface area contributed by atoms with Gasteiger partial charge in [0.2, 0.25) is 0 Å². The van der Waals surface area contributed by atoms with Gasteiger partial charge in [-0.2, -0.15) is 5.10 Å². The molecule has 0 saturated heterocycles. The van der Waals surface area contributed by atoms with E-state index in [-0.39, 0.29) is 23.6 Å². The number of unbranched alkanes of at least 4 members (excludes halogenated alkanes) is 2. The lowest BCUT2D eigenvalue weighted by molar-refractivity contribution is -0.137. The third-order valence-electron chi connectivity index (χ3n) is 2.93. The topological polar surface area (TPSA) is 101 Å². The fraction of sp³-hybridized carbons (Fsp3) is 0.571. The number of nitrogens with one attached hydrogen (secondary N) is 1. The minimum atomic E-state index is -0.842. The second-order valence-electron chi connectivity index (χ2n) is 4.74. The number of nitrogens with zero attached hydrogens (tertiary/aromatic N) is 2. The van der Waals surface area contributed by atoms with Crippen molar-refractivity contribution in [2.24, 2.45) is 0 Å². The minimum absolute atomic E-state index is 0.0933. The lowest BCUT2D eigenvalue weighted by atomic mass is 10.2. The summed E-state index contributed by atoms with van der Waals surface area (Å²) in [7, 11) is 0. The molecule has 0 atom stereocenters. The number of aliphatic carboxylic acids is 1. The summed E-state index contributed by atoms with van der Waals surface area (Å²) in [5.74, 6) is -1.19. The Kier molecular flexibility index (Phi) is 7.14. The van der Waals surface area contributed by atoms with Crippen LogP contribution in [0.3, 0.4) is 0 Å². The highest BCUT2D eigenvalue weighted by molar-refractivity contribution is 5.91. The van der Waals surface area contributed by atoms with Crippen molar-refractivity contribution in [2.45, 2.75) is 45.6 Å². The van der Waals surface area contributed by atoms with Gasteiger partial charge in [0.1, 0.15) is 5.69 Å². The van der Waals surface area contributed by atoms with Crippen LogP contribution in [0.2, 0.25) is 0 Å². The molecule has 0 bridgehead atoms. The highest BCUT2D eigenvalue weighted by atomic mass is 16.4. The summed E-state index contributed by atoms with van der Waals surface area (Å²) < 4.78 is 1.29. The van der Waals surface area contributed by atoms with Crippen molar-refractivity contribution >= 4 is 11.9 Å². The molecule has 1 rings (SSSR count). The molecule has 0 unspecified atom stereocenters. The van der Waals surface area contributed by atoms with E-state index in [0.29, 0.717) is 25.9 Å². The molecule has 7 heteroatoms. The maximum Gasteiger partial charge on any atom is 0.303 e. The van der Waals surface area contributed by atoms with E-state index in [1.165, 1.54) is 16.8 Å². The Morgan fingerprint density at radius 2 is 2.05 bits per heavy atom. The second kappa shape index (κ2) is 8.89. The van der Waals surface area contributed by atoms with Crippen molar-refractivity contribution in [2.75, 3.05) is 6.54 Å². The molecule has 7 nitrogen and oxygen atoms in total. The normalized spacial score (nSPS) is 10.3. The third-order valence-corrected chi connectivity index (χ3v) is 2.93. The Bertz CT molecular complexity index is 539. The van der Waals surface area contributed by atoms with Gasteiger partial charge in [-0.1, -0.05) is 13.3 Å². The molecule has 2 N–H and O–H groups in total. The van der Waals surface area contributed by atoms with Crippen LogP contribution in [0, 0.1) is 0 Å². The summed E-state index contributed by atoms with van der Waals surface area (Å²) in [6.07, 6.45) is 2.96. The molecule has 0 spiro atoms. The second-order valence-corrected chi connectivity index (χ2v) is 4.74. The van der Waals surface area contributed by atoms with Gasteiger partial charge in [0.05, 0.1) is 0 Å². The summed E-state index contributed by atoms with van der Waals surface area (Å²) in [5.41, 5.74) is -0.0228. The average molecular weight is 295 g/mol. The first-order chi connectivity index (χ1) is 10.0. The van der Waals surface area contributed by atoms with Gasteiger partial charge < -0.3 is 10.4 Å². The molecule has 116 valence electrons. The van der Waals surface area contributed by atoms with E-state index in [1.807, 2.05) is 6.92 Å². The number of carboxylic acids is 1. The van der Waals surface area contributed by atoms with Gasteiger partial charge in [0, 0.05) is 25.6 Å². The maximum absolute atomic E-state index is 11.9. The van der Waals surface area contributed by atoms with Crippen molar-refractivity contribution in [1.29, 1.82) is 0 Å². The van der Waals surface area contributed by atoms with E-state index < -0.39 is 5.97 Å². The van der Waals surface area contributed by atoms with Crippen molar-refractivity contribution in [3.63, 3.8) is 0 Å². The molecule has 1 aromatic rings. The number of amides is 1. The predicted octanol–water partition coefficient (Wildman–Crippen LogP) is 1.03. The van der Waals surface area contributed by atoms with Crippen molar-refractivity contribution in [1.82, 2.24) is 15.1 Å². The zero-order chi connectivity index (χ0) is 15.7. The summed E-state index contributed by atoms with van der Waals surface area (Å²) in [6.45, 7) is 2.90. The Morgan fingerprint density at radius 3 is 2.71 bits per heavy atom. The van der Waals surface area contributed by atoms with Crippen LogP contribution in [-0.2, 0) is 11.3 Å². The van der Waals surface area contributed by atoms with Crippen molar-refractivity contribution in [3.05, 3.63) is 28.2 Å². The number of hydrogen-bond donors (Lipinski definition) is 2. The number of hydrogen-bond acceptors (Lipinski definition) is 4. The Hall–Kier alpha value is -2.18. The highest BCUT2D eigenvalue weighted by Gasteiger charge is 2.09. The number of carboxylic acid groups (broad SMARTS) is 1. The number of aryl methyl sites for hydroxylation is 1. The molecule has 1 heterocycles. The monoisotopic (exact) mass is 295 g/mol. The summed E-state index contributed by atoms with van der Waals surface area (Å²) in [4.78, 5) is 33.8.